The lowest BCUT2D eigenvalue weighted by Crippen LogP contribution is -2.26. The van der Waals surface area contributed by atoms with Gasteiger partial charge in [-0.15, -0.1) is 0 Å². The van der Waals surface area contributed by atoms with E-state index in [0.29, 0.717) is 17.5 Å². The number of nitrogens with zero attached hydrogens (tertiary/aromatic N) is 4. The Morgan fingerprint density at radius 3 is 2.13 bits per heavy atom. The van der Waals surface area contributed by atoms with Crippen LogP contribution in [0.1, 0.15) is 38.5 Å². The summed E-state index contributed by atoms with van der Waals surface area (Å²) in [6.07, 6.45) is 6.29. The second-order valence-electron chi connectivity index (χ2n) is 7.27. The summed E-state index contributed by atoms with van der Waals surface area (Å²) in [5.41, 5.74) is 1.89. The van der Waals surface area contributed by atoms with E-state index in [1.807, 2.05) is 0 Å². The Labute approximate surface area is 136 Å². The monoisotopic (exact) mass is 302 g/mol. The van der Waals surface area contributed by atoms with Gasteiger partial charge in [0.05, 0.1) is 29.5 Å². The molecule has 0 aromatic rings. The Morgan fingerprint density at radius 2 is 1.65 bits per heavy atom. The lowest BCUT2D eigenvalue weighted by Gasteiger charge is -2.20. The van der Waals surface area contributed by atoms with Crippen molar-refractivity contribution in [1.29, 1.82) is 15.8 Å². The third-order valence-electron chi connectivity index (χ3n) is 5.83. The van der Waals surface area contributed by atoms with Gasteiger partial charge in [0, 0.05) is 17.5 Å². The van der Waals surface area contributed by atoms with Crippen LogP contribution in [-0.4, -0.2) is 5.71 Å². The minimum atomic E-state index is -1.34. The van der Waals surface area contributed by atoms with Crippen LogP contribution in [0.5, 0.6) is 0 Å². The van der Waals surface area contributed by atoms with E-state index in [1.54, 1.807) is 0 Å². The highest BCUT2D eigenvalue weighted by Crippen LogP contribution is 2.59. The predicted octanol–water partition coefficient (Wildman–Crippen LogP) is 3.65. The number of aliphatic imine (C=N–C) groups is 1. The molecule has 0 heterocycles. The predicted molar refractivity (Wildman–Crippen MR) is 84.5 cm³/mol. The quantitative estimate of drug-likeness (QED) is 0.589. The maximum atomic E-state index is 9.71. The number of nitriles is 3. The van der Waals surface area contributed by atoms with Gasteiger partial charge in [-0.05, 0) is 50.4 Å². The molecule has 4 aliphatic carbocycles. The largest absolute Gasteiger partial charge is 0.260 e. The standard InChI is InChI=1S/C19H18N4/c1-11-2-7-14-16(11)18(15(8-20)19(14,9-21)10-22)23-17(12-3-4-12)13-5-6-13/h12-14,16H,1-7H2. The van der Waals surface area contributed by atoms with Crippen LogP contribution in [0.4, 0.5) is 0 Å². The van der Waals surface area contributed by atoms with E-state index in [2.05, 4.69) is 24.8 Å². The second kappa shape index (κ2) is 4.81. The van der Waals surface area contributed by atoms with Crippen molar-refractivity contribution < 1.29 is 0 Å². The van der Waals surface area contributed by atoms with E-state index in [4.69, 9.17) is 4.99 Å². The number of allylic oxidation sites excluding steroid dienone is 2. The van der Waals surface area contributed by atoms with Gasteiger partial charge in [0.25, 0.3) is 0 Å². The molecule has 3 saturated carbocycles. The Hall–Kier alpha value is -2.38. The first-order valence-electron chi connectivity index (χ1n) is 8.39. The summed E-state index contributed by atoms with van der Waals surface area (Å²) >= 11 is 0. The molecule has 0 bridgehead atoms. The number of hydrogen-bond donors (Lipinski definition) is 0. The fourth-order valence-electron chi connectivity index (χ4n) is 4.33. The van der Waals surface area contributed by atoms with Crippen LogP contribution in [0.15, 0.2) is 28.4 Å². The van der Waals surface area contributed by atoms with Gasteiger partial charge in [-0.25, -0.2) is 0 Å². The molecule has 0 spiro atoms. The van der Waals surface area contributed by atoms with Gasteiger partial charge in [0.1, 0.15) is 0 Å². The first kappa shape index (κ1) is 14.2. The lowest BCUT2D eigenvalue weighted by atomic mass is 9.74. The van der Waals surface area contributed by atoms with Crippen LogP contribution >= 0.6 is 0 Å². The molecule has 2 unspecified atom stereocenters. The average molecular weight is 302 g/mol. The molecular formula is C19H18N4. The molecule has 4 rings (SSSR count). The molecule has 0 saturated heterocycles. The minimum absolute atomic E-state index is 0.0866. The van der Waals surface area contributed by atoms with Crippen molar-refractivity contribution in [2.75, 3.05) is 0 Å². The van der Waals surface area contributed by atoms with E-state index in [-0.39, 0.29) is 17.4 Å². The summed E-state index contributed by atoms with van der Waals surface area (Å²) in [5, 5.41) is 29.1. The van der Waals surface area contributed by atoms with Crippen molar-refractivity contribution >= 4 is 5.71 Å². The van der Waals surface area contributed by atoms with Crippen LogP contribution in [0.25, 0.3) is 0 Å². The fourth-order valence-corrected chi connectivity index (χ4v) is 4.33. The molecule has 2 atom stereocenters. The lowest BCUT2D eigenvalue weighted by molar-refractivity contribution is 0.368. The van der Waals surface area contributed by atoms with E-state index in [1.165, 1.54) is 31.4 Å². The molecule has 0 aromatic carbocycles. The third kappa shape index (κ3) is 1.90. The molecule has 4 heteroatoms. The third-order valence-corrected chi connectivity index (χ3v) is 5.83. The van der Waals surface area contributed by atoms with Gasteiger partial charge < -0.3 is 0 Å². The molecule has 114 valence electrons. The highest BCUT2D eigenvalue weighted by atomic mass is 14.9. The Kier molecular flexibility index (Phi) is 2.97. The van der Waals surface area contributed by atoms with Crippen molar-refractivity contribution in [3.8, 4) is 18.2 Å². The first-order valence-corrected chi connectivity index (χ1v) is 8.39. The summed E-state index contributed by atoms with van der Waals surface area (Å²) < 4.78 is 0. The van der Waals surface area contributed by atoms with Gasteiger partial charge in [-0.2, -0.15) is 15.8 Å². The zero-order valence-corrected chi connectivity index (χ0v) is 13.0. The number of rotatable bonds is 3. The summed E-state index contributed by atoms with van der Waals surface area (Å²) in [4.78, 5) is 4.95. The van der Waals surface area contributed by atoms with Gasteiger partial charge in [-0.1, -0.05) is 12.2 Å². The molecule has 3 fully saturated rings. The van der Waals surface area contributed by atoms with Crippen LogP contribution in [-0.2, 0) is 0 Å². The Bertz CT molecular complexity index is 744. The zero-order valence-electron chi connectivity index (χ0n) is 13.0. The summed E-state index contributed by atoms with van der Waals surface area (Å²) in [5.74, 6) is 0.874. The van der Waals surface area contributed by atoms with Gasteiger partial charge >= 0.3 is 0 Å². The van der Waals surface area contributed by atoms with Crippen molar-refractivity contribution in [1.82, 2.24) is 0 Å². The molecule has 0 radical (unpaired) electrons. The molecule has 4 aliphatic rings. The smallest absolute Gasteiger partial charge is 0.183 e. The molecule has 0 aliphatic heterocycles. The maximum Gasteiger partial charge on any atom is 0.183 e. The highest BCUT2D eigenvalue weighted by Gasteiger charge is 2.58. The molecule has 4 nitrogen and oxygen atoms in total. The molecule has 0 N–H and O–H groups in total. The van der Waals surface area contributed by atoms with Crippen molar-refractivity contribution in [3.63, 3.8) is 0 Å². The number of hydrogen-bond acceptors (Lipinski definition) is 4. The average Bonchev–Trinajstić information content (AvgIpc) is 3.47. The second-order valence-corrected chi connectivity index (χ2v) is 7.27. The van der Waals surface area contributed by atoms with Gasteiger partial charge in [0.15, 0.2) is 5.41 Å². The SMILES string of the molecule is C=C1CCC2C1C(N=C(C1CC1)C1CC1)=C(C#N)C2(C#N)C#N. The van der Waals surface area contributed by atoms with E-state index >= 15 is 0 Å². The van der Waals surface area contributed by atoms with Crippen LogP contribution in [0.3, 0.4) is 0 Å². The van der Waals surface area contributed by atoms with E-state index in [0.717, 1.165) is 18.4 Å². The molecular weight excluding hydrogens is 284 g/mol. The van der Waals surface area contributed by atoms with Crippen LogP contribution in [0.2, 0.25) is 0 Å². The number of fused-ring (bicyclic) bond motifs is 1. The highest BCUT2D eigenvalue weighted by molar-refractivity contribution is 5.93. The summed E-state index contributed by atoms with van der Waals surface area (Å²) in [6, 6.07) is 6.49. The van der Waals surface area contributed by atoms with Crippen molar-refractivity contribution in [2.45, 2.75) is 38.5 Å². The van der Waals surface area contributed by atoms with Gasteiger partial charge in [0.2, 0.25) is 0 Å². The van der Waals surface area contributed by atoms with Crippen LogP contribution in [0, 0.1) is 63.1 Å². The summed E-state index contributed by atoms with van der Waals surface area (Å²) in [6.45, 7) is 4.15. The van der Waals surface area contributed by atoms with Crippen LogP contribution < -0.4 is 0 Å². The molecule has 23 heavy (non-hydrogen) atoms. The normalized spacial score (nSPS) is 31.1. The summed E-state index contributed by atoms with van der Waals surface area (Å²) in [7, 11) is 0. The maximum absolute atomic E-state index is 9.71. The minimum Gasteiger partial charge on any atom is -0.260 e. The molecule has 0 amide bonds. The van der Waals surface area contributed by atoms with Crippen molar-refractivity contribution in [2.24, 2.45) is 34.1 Å². The van der Waals surface area contributed by atoms with Crippen molar-refractivity contribution in [3.05, 3.63) is 23.4 Å². The topological polar surface area (TPSA) is 83.7 Å². The van der Waals surface area contributed by atoms with E-state index in [9.17, 15) is 15.8 Å². The zero-order chi connectivity index (χ0) is 16.2. The first-order chi connectivity index (χ1) is 11.2. The fraction of sp³-hybridized carbons (Fsp3) is 0.579. The Balaban J connectivity index is 1.89. The Morgan fingerprint density at radius 1 is 1.04 bits per heavy atom. The van der Waals surface area contributed by atoms with E-state index < -0.39 is 5.41 Å². The van der Waals surface area contributed by atoms with Gasteiger partial charge in [-0.3, -0.25) is 4.99 Å². The molecule has 0 aromatic heterocycles.